The van der Waals surface area contributed by atoms with Gasteiger partial charge in [0, 0.05) is 24.5 Å². The van der Waals surface area contributed by atoms with Gasteiger partial charge in [0.05, 0.1) is 11.1 Å². The normalized spacial score (nSPS) is 15.2. The highest BCUT2D eigenvalue weighted by atomic mass is 32.1. The highest BCUT2D eigenvalue weighted by molar-refractivity contribution is 7.20. The zero-order valence-electron chi connectivity index (χ0n) is 13.9. The molecule has 1 fully saturated rings. The van der Waals surface area contributed by atoms with Gasteiger partial charge in [0.25, 0.3) is 11.8 Å². The molecule has 0 bridgehead atoms. The molecular formula is C18H17N3O3S2. The van der Waals surface area contributed by atoms with Gasteiger partial charge >= 0.3 is 0 Å². The Morgan fingerprint density at radius 1 is 1.19 bits per heavy atom. The molecule has 0 atom stereocenters. The molecule has 0 radical (unpaired) electrons. The van der Waals surface area contributed by atoms with Crippen LogP contribution in [-0.4, -0.2) is 40.8 Å². The van der Waals surface area contributed by atoms with Crippen molar-refractivity contribution in [3.05, 3.63) is 52.7 Å². The summed E-state index contributed by atoms with van der Waals surface area (Å²) in [5, 5.41) is 7.69. The van der Waals surface area contributed by atoms with Crippen LogP contribution >= 0.6 is 22.7 Å². The molecule has 0 aliphatic carbocycles. The summed E-state index contributed by atoms with van der Waals surface area (Å²) in [5.74, 6) is 0.107. The molecule has 1 N–H and O–H groups in total. The molecule has 2 amide bonds. The Morgan fingerprint density at radius 2 is 2.04 bits per heavy atom. The van der Waals surface area contributed by atoms with Gasteiger partial charge in [-0.2, -0.15) is 0 Å². The second-order valence-corrected chi connectivity index (χ2v) is 7.84. The maximum absolute atomic E-state index is 12.4. The Hall–Kier alpha value is -2.45. The molecule has 8 heteroatoms. The van der Waals surface area contributed by atoms with Crippen molar-refractivity contribution in [2.75, 3.05) is 13.1 Å². The van der Waals surface area contributed by atoms with E-state index in [4.69, 9.17) is 4.42 Å². The topological polar surface area (TPSA) is 75.4 Å². The molecule has 6 nitrogen and oxygen atoms in total. The molecule has 0 spiro atoms. The van der Waals surface area contributed by atoms with Crippen LogP contribution in [0.4, 0.5) is 0 Å². The lowest BCUT2D eigenvalue weighted by atomic mass is 10.0. The second kappa shape index (κ2) is 7.43. The van der Waals surface area contributed by atoms with E-state index in [9.17, 15) is 9.59 Å². The van der Waals surface area contributed by atoms with Crippen molar-refractivity contribution < 1.29 is 14.0 Å². The molecule has 4 rings (SSSR count). The van der Waals surface area contributed by atoms with Crippen molar-refractivity contribution in [1.82, 2.24) is 15.2 Å². The van der Waals surface area contributed by atoms with Gasteiger partial charge in [0.1, 0.15) is 10.7 Å². The van der Waals surface area contributed by atoms with Gasteiger partial charge in [0.15, 0.2) is 5.76 Å². The fourth-order valence-electron chi connectivity index (χ4n) is 2.93. The first-order valence-corrected chi connectivity index (χ1v) is 10.1. The third-order valence-electron chi connectivity index (χ3n) is 4.32. The number of thiazole rings is 1. The van der Waals surface area contributed by atoms with Gasteiger partial charge in [0.2, 0.25) is 0 Å². The van der Waals surface area contributed by atoms with Crippen LogP contribution in [0.1, 0.15) is 33.9 Å². The van der Waals surface area contributed by atoms with Crippen LogP contribution in [0.5, 0.6) is 0 Å². The van der Waals surface area contributed by atoms with Crippen molar-refractivity contribution in [2.45, 2.75) is 18.9 Å². The summed E-state index contributed by atoms with van der Waals surface area (Å²) in [4.78, 5) is 32.0. The van der Waals surface area contributed by atoms with E-state index >= 15 is 0 Å². The average molecular weight is 387 g/mol. The number of furan rings is 1. The Labute approximate surface area is 158 Å². The van der Waals surface area contributed by atoms with E-state index in [0.717, 1.165) is 22.7 Å². The first kappa shape index (κ1) is 17.0. The molecule has 26 heavy (non-hydrogen) atoms. The predicted molar refractivity (Wildman–Crippen MR) is 101 cm³/mol. The van der Waals surface area contributed by atoms with Gasteiger partial charge < -0.3 is 14.6 Å². The Kier molecular flexibility index (Phi) is 4.85. The molecular weight excluding hydrogens is 370 g/mol. The van der Waals surface area contributed by atoms with Crippen molar-refractivity contribution in [1.29, 1.82) is 0 Å². The molecule has 0 aromatic carbocycles. The quantitative estimate of drug-likeness (QED) is 0.743. The summed E-state index contributed by atoms with van der Waals surface area (Å²) < 4.78 is 5.16. The number of hydrogen-bond donors (Lipinski definition) is 1. The third kappa shape index (κ3) is 3.56. The van der Waals surface area contributed by atoms with Crippen LogP contribution in [0, 0.1) is 0 Å². The predicted octanol–water partition coefficient (Wildman–Crippen LogP) is 3.50. The third-order valence-corrected chi connectivity index (χ3v) is 6.20. The van der Waals surface area contributed by atoms with E-state index in [1.54, 1.807) is 33.7 Å². The van der Waals surface area contributed by atoms with Crippen LogP contribution in [0.25, 0.3) is 9.88 Å². The zero-order valence-corrected chi connectivity index (χ0v) is 15.5. The Morgan fingerprint density at radius 3 is 2.73 bits per heavy atom. The van der Waals surface area contributed by atoms with Crippen LogP contribution in [0.15, 0.2) is 45.7 Å². The van der Waals surface area contributed by atoms with Crippen LogP contribution in [0.3, 0.4) is 0 Å². The van der Waals surface area contributed by atoms with Gasteiger partial charge in [-0.05, 0) is 36.4 Å². The number of aromatic nitrogens is 1. The van der Waals surface area contributed by atoms with E-state index in [-0.39, 0.29) is 17.9 Å². The van der Waals surface area contributed by atoms with Crippen molar-refractivity contribution in [2.24, 2.45) is 0 Å². The number of rotatable bonds is 4. The van der Waals surface area contributed by atoms with Crippen molar-refractivity contribution in [3.8, 4) is 9.88 Å². The number of nitrogens with one attached hydrogen (secondary N) is 1. The molecule has 134 valence electrons. The smallest absolute Gasteiger partial charge is 0.289 e. The first-order chi connectivity index (χ1) is 12.7. The van der Waals surface area contributed by atoms with Crippen LogP contribution < -0.4 is 5.32 Å². The lowest BCUT2D eigenvalue weighted by molar-refractivity contribution is 0.0667. The number of thiophene rings is 1. The molecule has 0 unspecified atom stereocenters. The lowest BCUT2D eigenvalue weighted by Crippen LogP contribution is -2.46. The molecule has 1 aliphatic rings. The standard InChI is InChI=1S/C18H17N3O3S2/c22-16(13-11-26-17(20-13)15-4-2-10-25-15)19-12-5-7-21(8-6-12)18(23)14-3-1-9-24-14/h1-4,9-12H,5-8H2,(H,19,22). The SMILES string of the molecule is O=C(NC1CCN(C(=O)c2ccco2)CC1)c1csc(-c2cccs2)n1. The summed E-state index contributed by atoms with van der Waals surface area (Å²) in [6, 6.07) is 7.40. The van der Waals surface area contributed by atoms with Gasteiger partial charge in [-0.15, -0.1) is 22.7 Å². The molecule has 3 aromatic rings. The number of likely N-dealkylation sites (tertiary alicyclic amines) is 1. The second-order valence-electron chi connectivity index (χ2n) is 6.03. The summed E-state index contributed by atoms with van der Waals surface area (Å²) in [7, 11) is 0. The molecule has 3 aromatic heterocycles. The van der Waals surface area contributed by atoms with Crippen LogP contribution in [-0.2, 0) is 0 Å². The summed E-state index contributed by atoms with van der Waals surface area (Å²) in [6.07, 6.45) is 2.94. The minimum atomic E-state index is -0.153. The average Bonchev–Trinajstić information content (AvgIpc) is 3.43. The summed E-state index contributed by atoms with van der Waals surface area (Å²) in [6.45, 7) is 1.20. The van der Waals surface area contributed by atoms with Gasteiger partial charge in [-0.1, -0.05) is 6.07 Å². The molecule has 1 aliphatic heterocycles. The number of amides is 2. The van der Waals surface area contributed by atoms with E-state index < -0.39 is 0 Å². The number of carbonyl (C=O) groups excluding carboxylic acids is 2. The minimum absolute atomic E-state index is 0.0510. The summed E-state index contributed by atoms with van der Waals surface area (Å²) >= 11 is 3.09. The maximum Gasteiger partial charge on any atom is 0.289 e. The lowest BCUT2D eigenvalue weighted by Gasteiger charge is -2.31. The van der Waals surface area contributed by atoms with E-state index in [0.29, 0.717) is 24.5 Å². The van der Waals surface area contributed by atoms with Gasteiger partial charge in [-0.25, -0.2) is 4.98 Å². The number of hydrogen-bond acceptors (Lipinski definition) is 6. The van der Waals surface area contributed by atoms with E-state index in [1.165, 1.54) is 17.6 Å². The molecule has 4 heterocycles. The maximum atomic E-state index is 12.4. The van der Waals surface area contributed by atoms with E-state index in [1.807, 2.05) is 17.5 Å². The van der Waals surface area contributed by atoms with Gasteiger partial charge in [-0.3, -0.25) is 9.59 Å². The number of nitrogens with zero attached hydrogens (tertiary/aromatic N) is 2. The molecule has 0 saturated carbocycles. The summed E-state index contributed by atoms with van der Waals surface area (Å²) in [5.41, 5.74) is 0.451. The fraction of sp³-hybridized carbons (Fsp3) is 0.278. The van der Waals surface area contributed by atoms with E-state index in [2.05, 4.69) is 10.3 Å². The largest absolute Gasteiger partial charge is 0.459 e. The zero-order chi connectivity index (χ0) is 17.9. The monoisotopic (exact) mass is 387 g/mol. The Balaban J connectivity index is 1.31. The van der Waals surface area contributed by atoms with Crippen molar-refractivity contribution in [3.63, 3.8) is 0 Å². The van der Waals surface area contributed by atoms with Crippen molar-refractivity contribution >= 4 is 34.5 Å². The first-order valence-electron chi connectivity index (χ1n) is 8.34. The number of piperidine rings is 1. The Bertz CT molecular complexity index is 879. The highest BCUT2D eigenvalue weighted by Crippen LogP contribution is 2.27. The highest BCUT2D eigenvalue weighted by Gasteiger charge is 2.26. The minimum Gasteiger partial charge on any atom is -0.459 e. The fourth-order valence-corrected chi connectivity index (χ4v) is 4.55. The molecule has 1 saturated heterocycles. The number of carbonyl (C=O) groups is 2. The van der Waals surface area contributed by atoms with Crippen LogP contribution in [0.2, 0.25) is 0 Å².